The Morgan fingerprint density at radius 1 is 1.40 bits per heavy atom. The molecule has 2 aromatic rings. The molecule has 0 spiro atoms. The van der Waals surface area contributed by atoms with Crippen LogP contribution in [0.2, 0.25) is 0 Å². The lowest BCUT2D eigenvalue weighted by Crippen LogP contribution is -2.51. The van der Waals surface area contributed by atoms with Crippen LogP contribution in [0.3, 0.4) is 0 Å². The van der Waals surface area contributed by atoms with Crippen molar-refractivity contribution >= 4 is 22.7 Å². The highest BCUT2D eigenvalue weighted by Gasteiger charge is 2.29. The summed E-state index contributed by atoms with van der Waals surface area (Å²) in [5, 5.41) is 3.13. The van der Waals surface area contributed by atoms with E-state index in [0.717, 1.165) is 0 Å². The quantitative estimate of drug-likeness (QED) is 0.656. The second-order valence-corrected chi connectivity index (χ2v) is 5.69. The fraction of sp³-hybridized carbons (Fsp3) is 0.375. The van der Waals surface area contributed by atoms with Crippen molar-refractivity contribution in [2.45, 2.75) is 18.6 Å². The molecule has 2 amide bonds. The van der Waals surface area contributed by atoms with Crippen LogP contribution in [0, 0.1) is 0 Å². The highest BCUT2D eigenvalue weighted by molar-refractivity contribution is 5.92. The van der Waals surface area contributed by atoms with Gasteiger partial charge in [-0.3, -0.25) is 14.4 Å². The Kier molecular flexibility index (Phi) is 5.05. The summed E-state index contributed by atoms with van der Waals surface area (Å²) < 4.78 is 10.8. The number of ether oxygens (including phenoxy) is 2. The van der Waals surface area contributed by atoms with Crippen LogP contribution in [-0.4, -0.2) is 53.7 Å². The lowest BCUT2D eigenvalue weighted by Gasteiger charge is -2.31. The second kappa shape index (κ2) is 7.41. The van der Waals surface area contributed by atoms with E-state index in [1.807, 2.05) is 0 Å². The largest absolute Gasteiger partial charge is 0.379 e. The maximum Gasteiger partial charge on any atom is 0.287 e. The van der Waals surface area contributed by atoms with E-state index in [0.29, 0.717) is 23.9 Å². The van der Waals surface area contributed by atoms with Crippen molar-refractivity contribution in [3.05, 3.63) is 40.4 Å². The number of nitrogens with one attached hydrogen (secondary N) is 2. The van der Waals surface area contributed by atoms with E-state index >= 15 is 0 Å². The molecular weight excluding hydrogens is 328 g/mol. The standard InChI is InChI=1S/C16H18N4O5/c17-13(21)8-25-12-5-6-24-7-11(12)19-16(23)14-18-10-4-2-1-3-9(10)15(22)20-14/h1-4,11-12H,5-8H2,(H2,17,21)(H,19,23)(H,18,20,22)/t11-,12+/m0/s1. The molecule has 2 heterocycles. The van der Waals surface area contributed by atoms with Gasteiger partial charge in [0.25, 0.3) is 11.5 Å². The van der Waals surface area contributed by atoms with Gasteiger partial charge in [0.05, 0.1) is 29.7 Å². The van der Waals surface area contributed by atoms with E-state index in [4.69, 9.17) is 15.2 Å². The van der Waals surface area contributed by atoms with Gasteiger partial charge in [0.15, 0.2) is 5.82 Å². The van der Waals surface area contributed by atoms with Crippen molar-refractivity contribution in [2.24, 2.45) is 5.73 Å². The van der Waals surface area contributed by atoms with Gasteiger partial charge in [-0.25, -0.2) is 4.98 Å². The number of rotatable bonds is 5. The molecule has 9 heteroatoms. The van der Waals surface area contributed by atoms with E-state index in [-0.39, 0.29) is 19.0 Å². The predicted octanol–water partition coefficient (Wildman–Crippen LogP) is -0.688. The molecule has 1 saturated heterocycles. The van der Waals surface area contributed by atoms with Gasteiger partial charge in [-0.1, -0.05) is 12.1 Å². The number of H-pyrrole nitrogens is 1. The average molecular weight is 346 g/mol. The van der Waals surface area contributed by atoms with Crippen LogP contribution in [0.25, 0.3) is 10.9 Å². The molecule has 0 bridgehead atoms. The number of para-hydroxylation sites is 1. The minimum absolute atomic E-state index is 0.0945. The first-order chi connectivity index (χ1) is 12.0. The smallest absolute Gasteiger partial charge is 0.287 e. The van der Waals surface area contributed by atoms with Crippen molar-refractivity contribution in [3.63, 3.8) is 0 Å². The van der Waals surface area contributed by atoms with E-state index in [9.17, 15) is 14.4 Å². The second-order valence-electron chi connectivity index (χ2n) is 5.69. The van der Waals surface area contributed by atoms with Gasteiger partial charge in [0.1, 0.15) is 6.61 Å². The van der Waals surface area contributed by atoms with Gasteiger partial charge in [0.2, 0.25) is 5.91 Å². The van der Waals surface area contributed by atoms with Crippen LogP contribution in [0.5, 0.6) is 0 Å². The third-order valence-corrected chi connectivity index (χ3v) is 3.88. The number of carbonyl (C=O) groups is 2. The van der Waals surface area contributed by atoms with Crippen LogP contribution < -0.4 is 16.6 Å². The molecule has 0 radical (unpaired) electrons. The monoisotopic (exact) mass is 346 g/mol. The summed E-state index contributed by atoms with van der Waals surface area (Å²) in [6, 6.07) is 6.27. The molecule has 3 rings (SSSR count). The molecule has 4 N–H and O–H groups in total. The van der Waals surface area contributed by atoms with Crippen LogP contribution in [-0.2, 0) is 14.3 Å². The van der Waals surface area contributed by atoms with Gasteiger partial charge < -0.3 is 25.5 Å². The Morgan fingerprint density at radius 3 is 3.00 bits per heavy atom. The molecule has 132 valence electrons. The Labute approximate surface area is 142 Å². The summed E-state index contributed by atoms with van der Waals surface area (Å²) in [5.41, 5.74) is 5.12. The summed E-state index contributed by atoms with van der Waals surface area (Å²) in [4.78, 5) is 42.0. The SMILES string of the molecule is NC(=O)CO[C@@H]1CCOC[C@@H]1NC(=O)c1nc2ccccc2c(=O)[nH]1. The highest BCUT2D eigenvalue weighted by Crippen LogP contribution is 2.13. The molecule has 1 aromatic carbocycles. The Morgan fingerprint density at radius 2 is 2.20 bits per heavy atom. The number of amides is 2. The third-order valence-electron chi connectivity index (χ3n) is 3.88. The van der Waals surface area contributed by atoms with E-state index < -0.39 is 29.5 Å². The first kappa shape index (κ1) is 17.1. The van der Waals surface area contributed by atoms with Crippen molar-refractivity contribution in [3.8, 4) is 0 Å². The summed E-state index contributed by atoms with van der Waals surface area (Å²) in [6.07, 6.45) is 0.109. The maximum atomic E-state index is 12.4. The maximum absolute atomic E-state index is 12.4. The van der Waals surface area contributed by atoms with Crippen molar-refractivity contribution in [1.82, 2.24) is 15.3 Å². The lowest BCUT2D eigenvalue weighted by molar-refractivity contribution is -0.128. The number of benzene rings is 1. The normalized spacial score (nSPS) is 20.3. The van der Waals surface area contributed by atoms with Gasteiger partial charge in [-0.2, -0.15) is 0 Å². The van der Waals surface area contributed by atoms with Gasteiger partial charge in [-0.15, -0.1) is 0 Å². The summed E-state index contributed by atoms with van der Waals surface area (Å²) in [6.45, 7) is 0.454. The van der Waals surface area contributed by atoms with Crippen LogP contribution in [0.15, 0.2) is 29.1 Å². The lowest BCUT2D eigenvalue weighted by atomic mass is 10.1. The summed E-state index contributed by atoms with van der Waals surface area (Å²) in [5.74, 6) is -1.23. The molecule has 0 unspecified atom stereocenters. The van der Waals surface area contributed by atoms with Crippen molar-refractivity contribution in [1.29, 1.82) is 0 Å². The summed E-state index contributed by atoms with van der Waals surface area (Å²) in [7, 11) is 0. The first-order valence-corrected chi connectivity index (χ1v) is 7.82. The number of aromatic nitrogens is 2. The topological polar surface area (TPSA) is 136 Å². The number of nitrogens with zero attached hydrogens (tertiary/aromatic N) is 1. The van der Waals surface area contributed by atoms with Gasteiger partial charge >= 0.3 is 0 Å². The van der Waals surface area contributed by atoms with E-state index in [1.165, 1.54) is 0 Å². The molecule has 0 aliphatic carbocycles. The summed E-state index contributed by atoms with van der Waals surface area (Å²) >= 11 is 0. The van der Waals surface area contributed by atoms with Crippen LogP contribution >= 0.6 is 0 Å². The zero-order chi connectivity index (χ0) is 17.8. The van der Waals surface area contributed by atoms with E-state index in [2.05, 4.69) is 15.3 Å². The first-order valence-electron chi connectivity index (χ1n) is 7.82. The molecule has 1 aliphatic rings. The molecule has 9 nitrogen and oxygen atoms in total. The molecule has 25 heavy (non-hydrogen) atoms. The van der Waals surface area contributed by atoms with Gasteiger partial charge in [0, 0.05) is 6.61 Å². The van der Waals surface area contributed by atoms with Crippen LogP contribution in [0.1, 0.15) is 17.0 Å². The zero-order valence-corrected chi connectivity index (χ0v) is 13.4. The molecule has 1 aromatic heterocycles. The van der Waals surface area contributed by atoms with Crippen molar-refractivity contribution in [2.75, 3.05) is 19.8 Å². The minimum atomic E-state index is -0.586. The average Bonchev–Trinajstić information content (AvgIpc) is 2.61. The Bertz CT molecular complexity index is 850. The Balaban J connectivity index is 1.76. The molecular formula is C16H18N4O5. The van der Waals surface area contributed by atoms with Gasteiger partial charge in [-0.05, 0) is 18.6 Å². The molecule has 2 atom stereocenters. The number of nitrogens with two attached hydrogens (primary N) is 1. The Hall–Kier alpha value is -2.78. The van der Waals surface area contributed by atoms with Crippen molar-refractivity contribution < 1.29 is 19.1 Å². The third kappa shape index (κ3) is 4.01. The molecule has 1 fully saturated rings. The minimum Gasteiger partial charge on any atom is -0.379 e. The number of carbonyl (C=O) groups excluding carboxylic acids is 2. The highest BCUT2D eigenvalue weighted by atomic mass is 16.5. The fourth-order valence-corrected chi connectivity index (χ4v) is 2.67. The molecule has 1 aliphatic heterocycles. The number of primary amides is 1. The number of aromatic amines is 1. The van der Waals surface area contributed by atoms with Crippen LogP contribution in [0.4, 0.5) is 0 Å². The predicted molar refractivity (Wildman–Crippen MR) is 88.0 cm³/mol. The molecule has 0 saturated carbocycles. The number of hydrogen-bond acceptors (Lipinski definition) is 6. The number of fused-ring (bicyclic) bond motifs is 1. The fourth-order valence-electron chi connectivity index (χ4n) is 2.67. The zero-order valence-electron chi connectivity index (χ0n) is 13.4. The van der Waals surface area contributed by atoms with E-state index in [1.54, 1.807) is 24.3 Å². The number of hydrogen-bond donors (Lipinski definition) is 3.